The molecule has 2 amide bonds. The van der Waals surface area contributed by atoms with Gasteiger partial charge in [0.05, 0.1) is 5.69 Å². The zero-order valence-electron chi connectivity index (χ0n) is 16.8. The molecule has 2 aliphatic rings. The number of benzene rings is 2. The van der Waals surface area contributed by atoms with Crippen molar-refractivity contribution >= 4 is 50.7 Å². The van der Waals surface area contributed by atoms with E-state index < -0.39 is 0 Å². The lowest BCUT2D eigenvalue weighted by atomic mass is 10.1. The van der Waals surface area contributed by atoms with Gasteiger partial charge >= 0.3 is 0 Å². The first-order chi connectivity index (χ1) is 15.0. The number of carbonyl (C=O) groups excluding carboxylic acids is 2. The Morgan fingerprint density at radius 3 is 2.35 bits per heavy atom. The highest BCUT2D eigenvalue weighted by Gasteiger charge is 2.30. The lowest BCUT2D eigenvalue weighted by molar-refractivity contribution is -0.126. The van der Waals surface area contributed by atoms with Crippen molar-refractivity contribution < 1.29 is 14.3 Å². The maximum absolute atomic E-state index is 13.0. The zero-order valence-corrected chi connectivity index (χ0v) is 19.2. The smallest absolute Gasteiger partial charge is 0.270 e. The van der Waals surface area contributed by atoms with Crippen LogP contribution in [0.15, 0.2) is 58.1 Å². The second-order valence-electron chi connectivity index (χ2n) is 7.37. The molecule has 2 aliphatic heterocycles. The predicted octanol–water partition coefficient (Wildman–Crippen LogP) is 3.77. The highest BCUT2D eigenvalue weighted by atomic mass is 79.9. The number of hydrogen-bond donors (Lipinski definition) is 0. The van der Waals surface area contributed by atoms with Crippen LogP contribution in [0.2, 0.25) is 5.02 Å². The van der Waals surface area contributed by atoms with Gasteiger partial charge in [-0.1, -0.05) is 27.5 Å². The summed E-state index contributed by atoms with van der Waals surface area (Å²) in [5, 5.41) is 6.39. The fourth-order valence-electron chi connectivity index (χ4n) is 3.45. The van der Waals surface area contributed by atoms with E-state index in [-0.39, 0.29) is 18.2 Å². The Bertz CT molecular complexity index is 973. The zero-order chi connectivity index (χ0) is 21.8. The monoisotopic (exact) mass is 504 g/mol. The van der Waals surface area contributed by atoms with Crippen LogP contribution in [0.4, 0.5) is 5.69 Å². The SMILES string of the molecule is O=C(C1=NN(c2ccc(Br)cc2)C(=O)CC1)N1CCN(COc2ccc(Cl)cc2)CC1. The van der Waals surface area contributed by atoms with E-state index in [1.165, 1.54) is 5.01 Å². The third-order valence-electron chi connectivity index (χ3n) is 5.24. The van der Waals surface area contributed by atoms with E-state index in [1.54, 1.807) is 29.2 Å². The molecule has 0 aliphatic carbocycles. The van der Waals surface area contributed by atoms with Crippen LogP contribution in [0.1, 0.15) is 12.8 Å². The normalized spacial score (nSPS) is 17.5. The number of carbonyl (C=O) groups is 2. The molecule has 0 bridgehead atoms. The first kappa shape index (κ1) is 21.8. The average molecular weight is 506 g/mol. The van der Waals surface area contributed by atoms with Gasteiger partial charge in [0.1, 0.15) is 18.2 Å². The van der Waals surface area contributed by atoms with Gasteiger partial charge in [-0.25, -0.2) is 5.01 Å². The van der Waals surface area contributed by atoms with Crippen LogP contribution in [-0.4, -0.2) is 60.2 Å². The molecule has 162 valence electrons. The van der Waals surface area contributed by atoms with Crippen molar-refractivity contribution in [2.24, 2.45) is 5.10 Å². The summed E-state index contributed by atoms with van der Waals surface area (Å²) in [7, 11) is 0. The van der Waals surface area contributed by atoms with Crippen molar-refractivity contribution in [3.05, 3.63) is 58.0 Å². The largest absolute Gasteiger partial charge is 0.478 e. The molecule has 0 saturated carbocycles. The Kier molecular flexibility index (Phi) is 6.89. The van der Waals surface area contributed by atoms with Gasteiger partial charge in [0.15, 0.2) is 0 Å². The molecule has 2 aromatic carbocycles. The molecule has 0 unspecified atom stereocenters. The number of anilines is 1. The Balaban J connectivity index is 1.33. The fourth-order valence-corrected chi connectivity index (χ4v) is 3.84. The van der Waals surface area contributed by atoms with Crippen molar-refractivity contribution in [1.29, 1.82) is 0 Å². The predicted molar refractivity (Wildman–Crippen MR) is 123 cm³/mol. The second-order valence-corrected chi connectivity index (χ2v) is 8.72. The Morgan fingerprint density at radius 1 is 1.00 bits per heavy atom. The molecular weight excluding hydrogens is 484 g/mol. The molecule has 0 atom stereocenters. The minimum absolute atomic E-state index is 0.104. The van der Waals surface area contributed by atoms with Crippen LogP contribution in [0.3, 0.4) is 0 Å². The number of hydrazone groups is 1. The second kappa shape index (κ2) is 9.80. The third-order valence-corrected chi connectivity index (χ3v) is 6.02. The van der Waals surface area contributed by atoms with Gasteiger partial charge in [0.25, 0.3) is 5.91 Å². The van der Waals surface area contributed by atoms with E-state index in [4.69, 9.17) is 16.3 Å². The Morgan fingerprint density at radius 2 is 1.68 bits per heavy atom. The van der Waals surface area contributed by atoms with Crippen molar-refractivity contribution in [1.82, 2.24) is 9.80 Å². The van der Waals surface area contributed by atoms with Crippen LogP contribution in [0.5, 0.6) is 5.75 Å². The summed E-state index contributed by atoms with van der Waals surface area (Å²) in [6.07, 6.45) is 0.639. The Labute approximate surface area is 194 Å². The van der Waals surface area contributed by atoms with Gasteiger partial charge in [-0.15, -0.1) is 0 Å². The molecule has 1 saturated heterocycles. The quantitative estimate of drug-likeness (QED) is 0.621. The first-order valence-corrected chi connectivity index (χ1v) is 11.2. The topological polar surface area (TPSA) is 65.5 Å². The highest BCUT2D eigenvalue weighted by Crippen LogP contribution is 2.23. The van der Waals surface area contributed by atoms with Gasteiger partial charge in [-0.2, -0.15) is 5.10 Å². The molecule has 9 heteroatoms. The molecule has 0 spiro atoms. The van der Waals surface area contributed by atoms with Crippen LogP contribution < -0.4 is 9.75 Å². The minimum atomic E-state index is -0.108. The molecule has 7 nitrogen and oxygen atoms in total. The molecule has 4 rings (SSSR count). The number of halogens is 2. The number of nitrogens with zero attached hydrogens (tertiary/aromatic N) is 4. The van der Waals surface area contributed by atoms with Crippen LogP contribution in [0, 0.1) is 0 Å². The van der Waals surface area contributed by atoms with E-state index in [9.17, 15) is 9.59 Å². The number of amides is 2. The van der Waals surface area contributed by atoms with Gasteiger partial charge < -0.3 is 9.64 Å². The van der Waals surface area contributed by atoms with Gasteiger partial charge in [0, 0.05) is 48.5 Å². The van der Waals surface area contributed by atoms with E-state index in [0.717, 1.165) is 10.2 Å². The summed E-state index contributed by atoms with van der Waals surface area (Å²) in [5.74, 6) is 0.549. The maximum Gasteiger partial charge on any atom is 0.270 e. The Hall–Kier alpha value is -2.42. The molecule has 0 radical (unpaired) electrons. The summed E-state index contributed by atoms with van der Waals surface area (Å²) < 4.78 is 6.70. The maximum atomic E-state index is 13.0. The summed E-state index contributed by atoms with van der Waals surface area (Å²) in [5.41, 5.74) is 1.08. The lowest BCUT2D eigenvalue weighted by Gasteiger charge is -2.35. The summed E-state index contributed by atoms with van der Waals surface area (Å²) in [6, 6.07) is 14.6. The fraction of sp³-hybridized carbons (Fsp3) is 0.318. The van der Waals surface area contributed by atoms with Crippen molar-refractivity contribution in [3.63, 3.8) is 0 Å². The number of piperazine rings is 1. The lowest BCUT2D eigenvalue weighted by Crippen LogP contribution is -2.52. The van der Waals surface area contributed by atoms with Crippen molar-refractivity contribution in [3.8, 4) is 5.75 Å². The van der Waals surface area contributed by atoms with Crippen molar-refractivity contribution in [2.75, 3.05) is 37.9 Å². The van der Waals surface area contributed by atoms with Crippen molar-refractivity contribution in [2.45, 2.75) is 12.8 Å². The molecule has 1 fully saturated rings. The third kappa shape index (κ3) is 5.44. The summed E-state index contributed by atoms with van der Waals surface area (Å²) >= 11 is 9.28. The van der Waals surface area contributed by atoms with Gasteiger partial charge in [0.2, 0.25) is 5.91 Å². The average Bonchev–Trinajstić information content (AvgIpc) is 2.80. The van der Waals surface area contributed by atoms with Crippen LogP contribution >= 0.6 is 27.5 Å². The van der Waals surface area contributed by atoms with Crippen LogP contribution in [0.25, 0.3) is 0 Å². The molecule has 0 aromatic heterocycles. The first-order valence-electron chi connectivity index (χ1n) is 10.1. The summed E-state index contributed by atoms with van der Waals surface area (Å²) in [4.78, 5) is 29.3. The van der Waals surface area contributed by atoms with Gasteiger partial charge in [-0.05, 0) is 48.5 Å². The van der Waals surface area contributed by atoms with E-state index in [0.29, 0.717) is 55.8 Å². The van der Waals surface area contributed by atoms with Gasteiger partial charge in [-0.3, -0.25) is 14.5 Å². The molecule has 2 aromatic rings. The molecule has 31 heavy (non-hydrogen) atoms. The number of ether oxygens (including phenoxy) is 1. The standard InChI is InChI=1S/C22H22BrClN4O3/c23-16-1-5-18(6-2-16)28-21(29)10-9-20(25-28)22(30)27-13-11-26(12-14-27)15-31-19-7-3-17(24)4-8-19/h1-8H,9-15H2. The number of hydrogen-bond acceptors (Lipinski definition) is 5. The summed E-state index contributed by atoms with van der Waals surface area (Å²) in [6.45, 7) is 3.06. The van der Waals surface area contributed by atoms with Crippen LogP contribution in [-0.2, 0) is 9.59 Å². The molecule has 2 heterocycles. The highest BCUT2D eigenvalue weighted by molar-refractivity contribution is 9.10. The molecular formula is C22H22BrClN4O3. The minimum Gasteiger partial charge on any atom is -0.478 e. The van der Waals surface area contributed by atoms with E-state index in [2.05, 4.69) is 25.9 Å². The van der Waals surface area contributed by atoms with E-state index >= 15 is 0 Å². The van der Waals surface area contributed by atoms with E-state index in [1.807, 2.05) is 24.3 Å². The molecule has 0 N–H and O–H groups in total. The number of rotatable bonds is 5.